The maximum absolute atomic E-state index is 13.9. The number of hydrogen-bond donors (Lipinski definition) is 2. The van der Waals surface area contributed by atoms with Gasteiger partial charge in [-0.25, -0.2) is 19.6 Å². The number of aromatic nitrogens is 4. The number of carbonyl (C=O) groups is 4. The summed E-state index contributed by atoms with van der Waals surface area (Å²) in [5.41, 5.74) is 7.57. The first-order chi connectivity index (χ1) is 27.8. The summed E-state index contributed by atoms with van der Waals surface area (Å²) >= 11 is 0. The number of carbonyl (C=O) groups excluding carboxylic acids is 4. The second kappa shape index (κ2) is 16.5. The first kappa shape index (κ1) is 40.3. The Labute approximate surface area is 338 Å². The van der Waals surface area contributed by atoms with Gasteiger partial charge in [0.25, 0.3) is 0 Å². The van der Waals surface area contributed by atoms with Gasteiger partial charge < -0.3 is 29.2 Å². The fraction of sp³-hybridized carbons (Fsp3) is 0.455. The number of nitrogens with zero attached hydrogens (tertiary/aromatic N) is 6. The molecule has 7 rings (SSSR count). The van der Waals surface area contributed by atoms with E-state index in [1.54, 1.807) is 14.1 Å². The van der Waals surface area contributed by atoms with E-state index >= 15 is 0 Å². The van der Waals surface area contributed by atoms with Crippen molar-refractivity contribution in [1.82, 2.24) is 39.5 Å². The Morgan fingerprint density at radius 1 is 0.621 bits per heavy atom. The highest BCUT2D eigenvalue weighted by Crippen LogP contribution is 2.36. The summed E-state index contributed by atoms with van der Waals surface area (Å²) in [5, 5.41) is 0. The van der Waals surface area contributed by atoms with Gasteiger partial charge in [-0.05, 0) is 84.0 Å². The number of likely N-dealkylation sites (N-methyl/N-ethyl adjacent to an activating group) is 2. The second-order valence-electron chi connectivity index (χ2n) is 16.2. The molecule has 58 heavy (non-hydrogen) atoms. The highest BCUT2D eigenvalue weighted by atomic mass is 16.5. The van der Waals surface area contributed by atoms with Crippen molar-refractivity contribution in [2.24, 2.45) is 11.8 Å². The molecule has 14 heteroatoms. The zero-order chi connectivity index (χ0) is 41.4. The number of amides is 4. The van der Waals surface area contributed by atoms with Crippen LogP contribution >= 0.6 is 0 Å². The van der Waals surface area contributed by atoms with Crippen LogP contribution in [0.15, 0.2) is 60.7 Å². The van der Waals surface area contributed by atoms with E-state index in [0.29, 0.717) is 13.1 Å². The van der Waals surface area contributed by atoms with Crippen LogP contribution in [0.3, 0.4) is 0 Å². The summed E-state index contributed by atoms with van der Waals surface area (Å²) in [6.07, 6.45) is 2.19. The van der Waals surface area contributed by atoms with Crippen molar-refractivity contribution < 1.29 is 28.7 Å². The van der Waals surface area contributed by atoms with E-state index in [0.717, 1.165) is 81.7 Å². The number of hydrogen-bond acceptors (Lipinski definition) is 8. The normalized spacial score (nSPS) is 18.0. The lowest BCUT2D eigenvalue weighted by atomic mass is 10.00. The molecule has 2 saturated heterocycles. The van der Waals surface area contributed by atoms with Crippen molar-refractivity contribution in [3.05, 3.63) is 72.3 Å². The topological polar surface area (TPSA) is 157 Å². The lowest BCUT2D eigenvalue weighted by Crippen LogP contribution is -2.51. The summed E-state index contributed by atoms with van der Waals surface area (Å²) in [7, 11) is 5.86. The number of rotatable bonds is 10. The maximum atomic E-state index is 13.9. The Hall–Kier alpha value is -5.92. The number of benzene rings is 3. The largest absolute Gasteiger partial charge is 0.453 e. The molecule has 4 heterocycles. The van der Waals surface area contributed by atoms with Crippen LogP contribution in [0.5, 0.6) is 0 Å². The molecule has 306 valence electrons. The SMILES string of the molecule is COC(=O)N(C)[C@H](C(=O)N1CCC[C@H]1c1nc2cc(-c3ccc(-c4ccc5[nH]c([C@@H]6CCCN6C(=O)[C@H](C(C)C)N(C)C(=O)OC)nc5c4)cc3)ccc2[nH]1)C(C)C. The molecule has 4 amide bonds. The first-order valence-electron chi connectivity index (χ1n) is 20.1. The van der Waals surface area contributed by atoms with Crippen LogP contribution < -0.4 is 0 Å². The first-order valence-corrected chi connectivity index (χ1v) is 20.1. The van der Waals surface area contributed by atoms with Crippen molar-refractivity contribution in [1.29, 1.82) is 0 Å². The molecular weight excluding hydrogens is 737 g/mol. The molecule has 0 bridgehead atoms. The summed E-state index contributed by atoms with van der Waals surface area (Å²) in [5.74, 6) is 1.09. The highest BCUT2D eigenvalue weighted by Gasteiger charge is 2.41. The Bertz CT molecular complexity index is 2150. The molecule has 2 N–H and O–H groups in total. The lowest BCUT2D eigenvalue weighted by Gasteiger charge is -2.34. The minimum atomic E-state index is -0.641. The number of H-pyrrole nitrogens is 2. The monoisotopic (exact) mass is 790 g/mol. The van der Waals surface area contributed by atoms with Crippen molar-refractivity contribution >= 4 is 46.1 Å². The average Bonchev–Trinajstić information content (AvgIpc) is 4.05. The molecule has 2 fully saturated rings. The van der Waals surface area contributed by atoms with Gasteiger partial charge in [-0.3, -0.25) is 19.4 Å². The van der Waals surface area contributed by atoms with E-state index in [1.807, 2.05) is 49.6 Å². The van der Waals surface area contributed by atoms with Crippen molar-refractivity contribution in [3.63, 3.8) is 0 Å². The van der Waals surface area contributed by atoms with Crippen LogP contribution in [0.25, 0.3) is 44.3 Å². The van der Waals surface area contributed by atoms with Crippen LogP contribution in [-0.4, -0.2) is 117 Å². The van der Waals surface area contributed by atoms with Gasteiger partial charge in [0.05, 0.1) is 48.4 Å². The molecule has 2 aliphatic rings. The van der Waals surface area contributed by atoms with Gasteiger partial charge in [-0.2, -0.15) is 0 Å². The van der Waals surface area contributed by atoms with E-state index in [9.17, 15) is 19.2 Å². The lowest BCUT2D eigenvalue weighted by molar-refractivity contribution is -0.139. The second-order valence-corrected chi connectivity index (χ2v) is 16.2. The van der Waals surface area contributed by atoms with Crippen LogP contribution in [0, 0.1) is 11.8 Å². The Kier molecular flexibility index (Phi) is 11.5. The van der Waals surface area contributed by atoms with Crippen molar-refractivity contribution in [2.75, 3.05) is 41.4 Å². The molecule has 2 aromatic heterocycles. The Morgan fingerprint density at radius 3 is 1.33 bits per heavy atom. The summed E-state index contributed by atoms with van der Waals surface area (Å²) < 4.78 is 9.84. The van der Waals surface area contributed by atoms with Crippen molar-refractivity contribution in [3.8, 4) is 22.3 Å². The predicted octanol–water partition coefficient (Wildman–Crippen LogP) is 7.55. The molecule has 2 aliphatic heterocycles. The van der Waals surface area contributed by atoms with E-state index in [-0.39, 0.29) is 35.7 Å². The molecule has 5 aromatic rings. The quantitative estimate of drug-likeness (QED) is 0.147. The summed E-state index contributed by atoms with van der Waals surface area (Å²) in [4.78, 5) is 75.8. The van der Waals surface area contributed by atoms with E-state index in [4.69, 9.17) is 19.4 Å². The Morgan fingerprint density at radius 2 is 0.983 bits per heavy atom. The third-order valence-corrected chi connectivity index (χ3v) is 11.8. The molecular formula is C44H54N8O6. The zero-order valence-corrected chi connectivity index (χ0v) is 34.6. The molecule has 4 atom stereocenters. The number of methoxy groups -OCH3 is 2. The minimum Gasteiger partial charge on any atom is -0.453 e. The van der Waals surface area contributed by atoms with Gasteiger partial charge >= 0.3 is 12.2 Å². The summed E-state index contributed by atoms with van der Waals surface area (Å²) in [6.45, 7) is 8.94. The Balaban J connectivity index is 1.07. The minimum absolute atomic E-state index is 0.0946. The third-order valence-electron chi connectivity index (χ3n) is 11.8. The average molecular weight is 791 g/mol. The van der Waals surface area contributed by atoms with Gasteiger partial charge in [0.2, 0.25) is 11.8 Å². The van der Waals surface area contributed by atoms with Crippen LogP contribution in [0.4, 0.5) is 9.59 Å². The molecule has 14 nitrogen and oxygen atoms in total. The molecule has 0 radical (unpaired) electrons. The maximum Gasteiger partial charge on any atom is 0.409 e. The van der Waals surface area contributed by atoms with Crippen LogP contribution in [0.2, 0.25) is 0 Å². The number of likely N-dealkylation sites (tertiary alicyclic amines) is 2. The smallest absolute Gasteiger partial charge is 0.409 e. The molecule has 0 unspecified atom stereocenters. The highest BCUT2D eigenvalue weighted by molar-refractivity contribution is 5.88. The third kappa shape index (κ3) is 7.59. The fourth-order valence-corrected chi connectivity index (χ4v) is 8.86. The van der Waals surface area contributed by atoms with Gasteiger partial charge in [0, 0.05) is 27.2 Å². The van der Waals surface area contributed by atoms with Crippen LogP contribution in [0.1, 0.15) is 77.1 Å². The molecule has 0 spiro atoms. The summed E-state index contributed by atoms with van der Waals surface area (Å²) in [6, 6.07) is 19.0. The molecule has 0 aliphatic carbocycles. The number of imidazole rings is 2. The van der Waals surface area contributed by atoms with Gasteiger partial charge in [0.1, 0.15) is 23.7 Å². The van der Waals surface area contributed by atoms with E-state index in [1.165, 1.54) is 24.0 Å². The van der Waals surface area contributed by atoms with Crippen LogP contribution in [-0.2, 0) is 19.1 Å². The number of aromatic amines is 2. The number of ether oxygens (including phenoxy) is 2. The number of fused-ring (bicyclic) bond motifs is 2. The molecule has 3 aromatic carbocycles. The van der Waals surface area contributed by atoms with Gasteiger partial charge in [-0.1, -0.05) is 64.1 Å². The van der Waals surface area contributed by atoms with Gasteiger partial charge in [0.15, 0.2) is 0 Å². The zero-order valence-electron chi connectivity index (χ0n) is 34.6. The predicted molar refractivity (Wildman–Crippen MR) is 222 cm³/mol. The standard InChI is InChI=1S/C44H54N8O6/c1-25(2)37(49(5)43(55)57-7)41(53)51-21-9-11-35(51)39-45-31-19-17-29(23-33(31)47-39)27-13-15-28(16-14-27)30-18-20-32-34(24-30)48-40(46-32)36-12-10-22-52(36)42(54)38(26(3)4)50(6)44(56)58-8/h13-20,23-26,35-38H,9-12,21-22H2,1-8H3,(H,45,47)(H,46,48)/t35-,36-,37-,38-/m0/s1. The van der Waals surface area contributed by atoms with E-state index in [2.05, 4.69) is 58.5 Å². The molecule has 0 saturated carbocycles. The number of nitrogens with one attached hydrogen (secondary N) is 2. The van der Waals surface area contributed by atoms with Gasteiger partial charge in [-0.15, -0.1) is 0 Å². The fourth-order valence-electron chi connectivity index (χ4n) is 8.86. The van der Waals surface area contributed by atoms with E-state index < -0.39 is 24.3 Å². The van der Waals surface area contributed by atoms with Crippen molar-refractivity contribution in [2.45, 2.75) is 77.5 Å².